The van der Waals surface area contributed by atoms with Crippen LogP contribution in [-0.4, -0.2) is 42.4 Å². The van der Waals surface area contributed by atoms with Crippen molar-refractivity contribution in [2.45, 2.75) is 25.7 Å². The van der Waals surface area contributed by atoms with Gasteiger partial charge >= 0.3 is 5.97 Å². The number of anilines is 1. The summed E-state index contributed by atoms with van der Waals surface area (Å²) >= 11 is 5.61. The molecule has 2 amide bonds. The molecule has 1 aliphatic rings. The van der Waals surface area contributed by atoms with Gasteiger partial charge in [0.2, 0.25) is 5.91 Å². The van der Waals surface area contributed by atoms with Gasteiger partial charge in [0.05, 0.1) is 5.02 Å². The lowest BCUT2D eigenvalue weighted by molar-refractivity contribution is -0.151. The SMILES string of the molecule is O=C(COC(=O)CN1CCCCCC1=O)Nc1ccc(F)c(Cl)c1. The molecule has 8 heteroatoms. The van der Waals surface area contributed by atoms with E-state index in [0.717, 1.165) is 25.3 Å². The average Bonchev–Trinajstić information content (AvgIpc) is 2.74. The van der Waals surface area contributed by atoms with Gasteiger partial charge in [-0.3, -0.25) is 14.4 Å². The van der Waals surface area contributed by atoms with Gasteiger partial charge < -0.3 is 15.0 Å². The van der Waals surface area contributed by atoms with Gasteiger partial charge in [0, 0.05) is 18.7 Å². The molecule has 0 aliphatic carbocycles. The summed E-state index contributed by atoms with van der Waals surface area (Å²) in [6.45, 7) is -0.126. The van der Waals surface area contributed by atoms with E-state index in [1.54, 1.807) is 0 Å². The largest absolute Gasteiger partial charge is 0.454 e. The summed E-state index contributed by atoms with van der Waals surface area (Å²) in [5.41, 5.74) is 0.296. The second-order valence-electron chi connectivity index (χ2n) is 5.46. The Morgan fingerprint density at radius 3 is 2.83 bits per heavy atom. The third kappa shape index (κ3) is 5.49. The Labute approximate surface area is 143 Å². The molecule has 0 atom stereocenters. The number of nitrogens with zero attached hydrogens (tertiary/aromatic N) is 1. The van der Waals surface area contributed by atoms with Crippen molar-refractivity contribution in [1.29, 1.82) is 0 Å². The van der Waals surface area contributed by atoms with E-state index in [4.69, 9.17) is 16.3 Å². The summed E-state index contributed by atoms with van der Waals surface area (Å²) in [6, 6.07) is 3.72. The number of hydrogen-bond acceptors (Lipinski definition) is 4. The fourth-order valence-electron chi connectivity index (χ4n) is 2.32. The lowest BCUT2D eigenvalue weighted by Gasteiger charge is -2.19. The molecule has 2 rings (SSSR count). The normalized spacial score (nSPS) is 14.9. The quantitative estimate of drug-likeness (QED) is 0.822. The highest BCUT2D eigenvalue weighted by molar-refractivity contribution is 6.31. The molecular weight excluding hydrogens is 339 g/mol. The molecule has 1 aliphatic heterocycles. The van der Waals surface area contributed by atoms with Crippen molar-refractivity contribution in [3.63, 3.8) is 0 Å². The monoisotopic (exact) mass is 356 g/mol. The fraction of sp³-hybridized carbons (Fsp3) is 0.438. The van der Waals surface area contributed by atoms with E-state index < -0.39 is 24.3 Å². The molecule has 6 nitrogen and oxygen atoms in total. The van der Waals surface area contributed by atoms with Gasteiger partial charge in [-0.15, -0.1) is 0 Å². The summed E-state index contributed by atoms with van der Waals surface area (Å²) in [4.78, 5) is 36.7. The minimum atomic E-state index is -0.641. The molecular formula is C16H18ClFN2O4. The number of amides is 2. The van der Waals surface area contributed by atoms with Gasteiger partial charge in [-0.2, -0.15) is 0 Å². The van der Waals surface area contributed by atoms with Gasteiger partial charge in [0.1, 0.15) is 12.4 Å². The molecule has 130 valence electrons. The Kier molecular flexibility index (Phi) is 6.54. The predicted octanol–water partition coefficient (Wildman–Crippen LogP) is 2.36. The van der Waals surface area contributed by atoms with Crippen LogP contribution in [0, 0.1) is 5.82 Å². The smallest absolute Gasteiger partial charge is 0.326 e. The lowest BCUT2D eigenvalue weighted by Crippen LogP contribution is -2.36. The Hall–Kier alpha value is -2.15. The number of carbonyl (C=O) groups is 3. The molecule has 1 heterocycles. The van der Waals surface area contributed by atoms with E-state index in [0.29, 0.717) is 18.7 Å². The summed E-state index contributed by atoms with van der Waals surface area (Å²) in [5.74, 6) is -1.89. The van der Waals surface area contributed by atoms with Crippen LogP contribution >= 0.6 is 11.6 Å². The summed E-state index contributed by atoms with van der Waals surface area (Å²) in [5, 5.41) is 2.32. The minimum absolute atomic E-state index is 0.0742. The van der Waals surface area contributed by atoms with Crippen LogP contribution in [-0.2, 0) is 19.1 Å². The van der Waals surface area contributed by atoms with Crippen LogP contribution < -0.4 is 5.32 Å². The molecule has 0 radical (unpaired) electrons. The van der Waals surface area contributed by atoms with Crippen LogP contribution in [0.15, 0.2) is 18.2 Å². The van der Waals surface area contributed by atoms with Crippen LogP contribution in [0.4, 0.5) is 10.1 Å². The first-order chi connectivity index (χ1) is 11.5. The van der Waals surface area contributed by atoms with Crippen molar-refractivity contribution in [1.82, 2.24) is 4.90 Å². The molecule has 0 saturated carbocycles. The Morgan fingerprint density at radius 2 is 2.08 bits per heavy atom. The molecule has 24 heavy (non-hydrogen) atoms. The van der Waals surface area contributed by atoms with Gasteiger partial charge in [0.15, 0.2) is 6.61 Å². The second-order valence-corrected chi connectivity index (χ2v) is 5.87. The van der Waals surface area contributed by atoms with E-state index in [1.165, 1.54) is 17.0 Å². The molecule has 0 bridgehead atoms. The Morgan fingerprint density at radius 1 is 1.29 bits per heavy atom. The molecule has 1 aromatic rings. The molecule has 1 N–H and O–H groups in total. The maximum Gasteiger partial charge on any atom is 0.326 e. The highest BCUT2D eigenvalue weighted by Crippen LogP contribution is 2.19. The van der Waals surface area contributed by atoms with Crippen LogP contribution in [0.25, 0.3) is 0 Å². The molecule has 1 aromatic carbocycles. The minimum Gasteiger partial charge on any atom is -0.454 e. The van der Waals surface area contributed by atoms with Crippen LogP contribution in [0.5, 0.6) is 0 Å². The van der Waals surface area contributed by atoms with Crippen LogP contribution in [0.1, 0.15) is 25.7 Å². The third-order valence-electron chi connectivity index (χ3n) is 3.56. The van der Waals surface area contributed by atoms with E-state index in [-0.39, 0.29) is 17.5 Å². The highest BCUT2D eigenvalue weighted by Gasteiger charge is 2.20. The van der Waals surface area contributed by atoms with E-state index in [9.17, 15) is 18.8 Å². The first-order valence-corrected chi connectivity index (χ1v) is 8.02. The Balaban J connectivity index is 1.77. The topological polar surface area (TPSA) is 75.7 Å². The molecule has 0 unspecified atom stereocenters. The first-order valence-electron chi connectivity index (χ1n) is 7.64. The van der Waals surface area contributed by atoms with Crippen molar-refractivity contribution < 1.29 is 23.5 Å². The molecule has 1 saturated heterocycles. The number of nitrogens with one attached hydrogen (secondary N) is 1. The highest BCUT2D eigenvalue weighted by atomic mass is 35.5. The number of rotatable bonds is 5. The number of carbonyl (C=O) groups excluding carboxylic acids is 3. The number of esters is 1. The van der Waals surface area contributed by atoms with Crippen LogP contribution in [0.2, 0.25) is 5.02 Å². The number of ether oxygens (including phenoxy) is 1. The maximum absolute atomic E-state index is 13.0. The standard InChI is InChI=1S/C16H18ClFN2O4/c17-12-8-11(5-6-13(12)18)19-14(21)10-24-16(23)9-20-7-3-1-2-4-15(20)22/h5-6,8H,1-4,7,9-10H2,(H,19,21). The maximum atomic E-state index is 13.0. The van der Waals surface area contributed by atoms with Crippen molar-refractivity contribution in [3.8, 4) is 0 Å². The summed E-state index contributed by atoms with van der Waals surface area (Å²) in [6.07, 6.45) is 3.07. The van der Waals surface area contributed by atoms with Gasteiger partial charge in [0.25, 0.3) is 5.91 Å². The van der Waals surface area contributed by atoms with Crippen LogP contribution in [0.3, 0.4) is 0 Å². The zero-order chi connectivity index (χ0) is 17.5. The van der Waals surface area contributed by atoms with Gasteiger partial charge in [-0.05, 0) is 31.0 Å². The number of benzene rings is 1. The Bertz CT molecular complexity index is 639. The van der Waals surface area contributed by atoms with Crippen molar-refractivity contribution in [2.24, 2.45) is 0 Å². The fourth-order valence-corrected chi connectivity index (χ4v) is 2.50. The number of likely N-dealkylation sites (tertiary alicyclic amines) is 1. The third-order valence-corrected chi connectivity index (χ3v) is 3.85. The van der Waals surface area contributed by atoms with Crippen molar-refractivity contribution >= 4 is 35.1 Å². The van der Waals surface area contributed by atoms with E-state index >= 15 is 0 Å². The zero-order valence-corrected chi connectivity index (χ0v) is 13.8. The molecule has 0 spiro atoms. The summed E-state index contributed by atoms with van der Waals surface area (Å²) < 4.78 is 17.9. The van der Waals surface area contributed by atoms with Crippen molar-refractivity contribution in [3.05, 3.63) is 29.0 Å². The summed E-state index contributed by atoms with van der Waals surface area (Å²) in [7, 11) is 0. The first kappa shape index (κ1) is 18.2. The lowest BCUT2D eigenvalue weighted by atomic mass is 10.2. The second kappa shape index (κ2) is 8.63. The number of hydrogen-bond donors (Lipinski definition) is 1. The molecule has 1 fully saturated rings. The zero-order valence-electron chi connectivity index (χ0n) is 13.0. The van der Waals surface area contributed by atoms with Gasteiger partial charge in [-0.1, -0.05) is 18.0 Å². The van der Waals surface area contributed by atoms with E-state index in [2.05, 4.69) is 5.32 Å². The molecule has 0 aromatic heterocycles. The van der Waals surface area contributed by atoms with Crippen molar-refractivity contribution in [2.75, 3.05) is 25.0 Å². The van der Waals surface area contributed by atoms with E-state index in [1.807, 2.05) is 0 Å². The average molecular weight is 357 g/mol. The predicted molar refractivity (Wildman–Crippen MR) is 86.0 cm³/mol. The number of halogens is 2. The van der Waals surface area contributed by atoms with Gasteiger partial charge in [-0.25, -0.2) is 4.39 Å².